The molecule has 0 radical (unpaired) electrons. The van der Waals surface area contributed by atoms with E-state index in [2.05, 4.69) is 44.7 Å². The zero-order chi connectivity index (χ0) is 15.7. The van der Waals surface area contributed by atoms with Gasteiger partial charge < -0.3 is 16.0 Å². The number of nitrogens with one attached hydrogen (secondary N) is 3. The van der Waals surface area contributed by atoms with Gasteiger partial charge in [-0.1, -0.05) is 20.8 Å². The van der Waals surface area contributed by atoms with Crippen molar-refractivity contribution in [3.8, 4) is 0 Å². The van der Waals surface area contributed by atoms with Gasteiger partial charge in [-0.2, -0.15) is 15.0 Å². The highest BCUT2D eigenvalue weighted by molar-refractivity contribution is 6.28. The first-order valence-corrected chi connectivity index (χ1v) is 7.55. The highest BCUT2D eigenvalue weighted by Crippen LogP contribution is 2.09. The van der Waals surface area contributed by atoms with Crippen molar-refractivity contribution in [1.29, 1.82) is 0 Å². The number of amides is 1. The Kier molecular flexibility index (Phi) is 7.74. The average Bonchev–Trinajstić information content (AvgIpc) is 2.42. The van der Waals surface area contributed by atoms with Crippen LogP contribution in [0.4, 0.5) is 11.9 Å². The Morgan fingerprint density at radius 1 is 1.14 bits per heavy atom. The Bertz CT molecular complexity index is 454. The van der Waals surface area contributed by atoms with Gasteiger partial charge in [-0.25, -0.2) is 0 Å². The molecule has 0 bridgehead atoms. The van der Waals surface area contributed by atoms with E-state index in [-0.39, 0.29) is 11.2 Å². The van der Waals surface area contributed by atoms with Crippen molar-refractivity contribution in [3.63, 3.8) is 0 Å². The normalized spacial score (nSPS) is 10.5. The molecule has 0 saturated carbocycles. The minimum absolute atomic E-state index is 0.000634. The van der Waals surface area contributed by atoms with Crippen LogP contribution in [0.15, 0.2) is 0 Å². The lowest BCUT2D eigenvalue weighted by Crippen LogP contribution is -2.28. The Morgan fingerprint density at radius 2 is 1.76 bits per heavy atom. The second-order valence-corrected chi connectivity index (χ2v) is 5.39. The summed E-state index contributed by atoms with van der Waals surface area (Å²) in [5, 5.41) is 8.98. The number of hydrogen-bond acceptors (Lipinski definition) is 6. The van der Waals surface area contributed by atoms with Crippen molar-refractivity contribution in [2.75, 3.05) is 30.3 Å². The fraction of sp³-hybridized carbons (Fsp3) is 0.692. The molecule has 0 aliphatic rings. The molecule has 3 N–H and O–H groups in total. The predicted molar refractivity (Wildman–Crippen MR) is 84.6 cm³/mol. The first-order chi connectivity index (χ1) is 10.0. The van der Waals surface area contributed by atoms with E-state index in [4.69, 9.17) is 11.6 Å². The van der Waals surface area contributed by atoms with Gasteiger partial charge in [0.15, 0.2) is 0 Å². The van der Waals surface area contributed by atoms with Gasteiger partial charge in [0.05, 0.1) is 0 Å². The molecular weight excluding hydrogens is 292 g/mol. The number of carbonyl (C=O) groups excluding carboxylic acids is 1. The summed E-state index contributed by atoms with van der Waals surface area (Å²) in [6, 6.07) is 0. The number of anilines is 2. The maximum Gasteiger partial charge on any atom is 0.228 e. The summed E-state index contributed by atoms with van der Waals surface area (Å²) in [7, 11) is 0. The summed E-state index contributed by atoms with van der Waals surface area (Å²) in [6.45, 7) is 8.04. The number of hydrogen-bond donors (Lipinski definition) is 3. The molecule has 0 aliphatic heterocycles. The lowest BCUT2D eigenvalue weighted by molar-refractivity contribution is -0.120. The van der Waals surface area contributed by atoms with Crippen LogP contribution in [0.25, 0.3) is 0 Å². The smallest absolute Gasteiger partial charge is 0.228 e. The van der Waals surface area contributed by atoms with E-state index in [1.54, 1.807) is 0 Å². The van der Waals surface area contributed by atoms with Gasteiger partial charge in [0.25, 0.3) is 0 Å². The van der Waals surface area contributed by atoms with Crippen molar-refractivity contribution in [2.45, 2.75) is 33.6 Å². The van der Waals surface area contributed by atoms with E-state index in [0.29, 0.717) is 37.3 Å². The molecule has 0 atom stereocenters. The summed E-state index contributed by atoms with van der Waals surface area (Å²) in [6.07, 6.45) is 1.32. The second kappa shape index (κ2) is 9.33. The van der Waals surface area contributed by atoms with E-state index < -0.39 is 0 Å². The van der Waals surface area contributed by atoms with Gasteiger partial charge in [-0.3, -0.25) is 4.79 Å². The van der Waals surface area contributed by atoms with Crippen LogP contribution in [0, 0.1) is 5.92 Å². The molecule has 0 aliphatic carbocycles. The minimum Gasteiger partial charge on any atom is -0.356 e. The number of halogens is 1. The minimum atomic E-state index is 0.000634. The van der Waals surface area contributed by atoms with Gasteiger partial charge in [-0.05, 0) is 23.9 Å². The van der Waals surface area contributed by atoms with Gasteiger partial charge in [-0.15, -0.1) is 0 Å². The van der Waals surface area contributed by atoms with E-state index in [0.717, 1.165) is 13.0 Å². The van der Waals surface area contributed by atoms with Crippen LogP contribution in [-0.2, 0) is 4.79 Å². The summed E-state index contributed by atoms with van der Waals surface area (Å²) in [5.74, 6) is 1.24. The van der Waals surface area contributed by atoms with Gasteiger partial charge in [0.2, 0.25) is 23.1 Å². The number of carbonyl (C=O) groups is 1. The average molecular weight is 315 g/mol. The van der Waals surface area contributed by atoms with Crippen LogP contribution >= 0.6 is 11.6 Å². The monoisotopic (exact) mass is 314 g/mol. The Hall–Kier alpha value is -1.63. The van der Waals surface area contributed by atoms with Crippen molar-refractivity contribution in [2.24, 2.45) is 5.92 Å². The highest BCUT2D eigenvalue weighted by atomic mass is 35.5. The third-order valence-electron chi connectivity index (χ3n) is 2.48. The van der Waals surface area contributed by atoms with Crippen molar-refractivity contribution in [1.82, 2.24) is 20.3 Å². The SMILES string of the molecule is CCCNc1nc(Cl)nc(NCCC(=O)NCC(C)C)n1. The predicted octanol–water partition coefficient (Wildman–Crippen LogP) is 1.92. The largest absolute Gasteiger partial charge is 0.356 e. The topological polar surface area (TPSA) is 91.8 Å². The molecule has 8 heteroatoms. The van der Waals surface area contributed by atoms with Gasteiger partial charge in [0, 0.05) is 26.1 Å². The molecule has 0 spiro atoms. The van der Waals surface area contributed by atoms with E-state index in [1.165, 1.54) is 0 Å². The zero-order valence-electron chi connectivity index (χ0n) is 12.7. The summed E-state index contributed by atoms with van der Waals surface area (Å²) in [4.78, 5) is 23.7. The summed E-state index contributed by atoms with van der Waals surface area (Å²) < 4.78 is 0. The Balaban J connectivity index is 2.40. The van der Waals surface area contributed by atoms with Gasteiger partial charge >= 0.3 is 0 Å². The van der Waals surface area contributed by atoms with E-state index in [1.807, 2.05) is 6.92 Å². The van der Waals surface area contributed by atoms with E-state index in [9.17, 15) is 4.79 Å². The molecule has 0 saturated heterocycles. The molecule has 1 aromatic heterocycles. The van der Waals surface area contributed by atoms with Crippen LogP contribution in [0.2, 0.25) is 5.28 Å². The standard InChI is InChI=1S/C13H23ClN6O/c1-4-6-15-12-18-11(14)19-13(20-12)16-7-5-10(21)17-8-9(2)3/h9H,4-8H2,1-3H3,(H,17,21)(H2,15,16,18,19,20). The molecule has 118 valence electrons. The Morgan fingerprint density at radius 3 is 2.33 bits per heavy atom. The fourth-order valence-electron chi connectivity index (χ4n) is 1.44. The first kappa shape index (κ1) is 17.4. The zero-order valence-corrected chi connectivity index (χ0v) is 13.5. The number of nitrogens with zero attached hydrogens (tertiary/aromatic N) is 3. The lowest BCUT2D eigenvalue weighted by atomic mass is 10.2. The van der Waals surface area contributed by atoms with Crippen LogP contribution in [-0.4, -0.2) is 40.5 Å². The van der Waals surface area contributed by atoms with Crippen LogP contribution < -0.4 is 16.0 Å². The third-order valence-corrected chi connectivity index (χ3v) is 2.65. The summed E-state index contributed by atoms with van der Waals surface area (Å²) in [5.41, 5.74) is 0. The molecule has 1 rings (SSSR count). The lowest BCUT2D eigenvalue weighted by Gasteiger charge is -2.09. The molecule has 7 nitrogen and oxygen atoms in total. The molecular formula is C13H23ClN6O. The highest BCUT2D eigenvalue weighted by Gasteiger charge is 2.06. The van der Waals surface area contributed by atoms with Crippen LogP contribution in [0.5, 0.6) is 0 Å². The maximum absolute atomic E-state index is 11.6. The van der Waals surface area contributed by atoms with Crippen LogP contribution in [0.3, 0.4) is 0 Å². The Labute approximate surface area is 130 Å². The second-order valence-electron chi connectivity index (χ2n) is 5.05. The van der Waals surface area contributed by atoms with E-state index >= 15 is 0 Å². The van der Waals surface area contributed by atoms with Crippen molar-refractivity contribution >= 4 is 29.4 Å². The molecule has 1 amide bonds. The maximum atomic E-state index is 11.6. The van der Waals surface area contributed by atoms with Gasteiger partial charge in [0.1, 0.15) is 0 Å². The number of rotatable bonds is 9. The molecule has 1 heterocycles. The first-order valence-electron chi connectivity index (χ1n) is 7.17. The third kappa shape index (κ3) is 7.65. The molecule has 0 aromatic carbocycles. The molecule has 21 heavy (non-hydrogen) atoms. The van der Waals surface area contributed by atoms with Crippen LogP contribution in [0.1, 0.15) is 33.6 Å². The van der Waals surface area contributed by atoms with Crippen molar-refractivity contribution < 1.29 is 4.79 Å². The molecule has 0 fully saturated rings. The fourth-order valence-corrected chi connectivity index (χ4v) is 1.60. The summed E-state index contributed by atoms with van der Waals surface area (Å²) >= 11 is 5.83. The molecule has 1 aromatic rings. The molecule has 0 unspecified atom stereocenters. The quantitative estimate of drug-likeness (QED) is 0.645. The van der Waals surface area contributed by atoms with Crippen molar-refractivity contribution in [3.05, 3.63) is 5.28 Å². The number of aromatic nitrogens is 3.